The van der Waals surface area contributed by atoms with Crippen molar-refractivity contribution in [3.05, 3.63) is 47.6 Å². The quantitative estimate of drug-likeness (QED) is 0.123. The van der Waals surface area contributed by atoms with Crippen molar-refractivity contribution in [2.75, 3.05) is 11.9 Å². The van der Waals surface area contributed by atoms with E-state index in [2.05, 4.69) is 15.3 Å². The highest BCUT2D eigenvalue weighted by Crippen LogP contribution is 2.38. The number of para-hydroxylation sites is 2. The molecule has 1 amide bonds. The fraction of sp³-hybridized carbons (Fsp3) is 0.605. The number of ketones is 4. The van der Waals surface area contributed by atoms with Crippen molar-refractivity contribution in [3.63, 3.8) is 0 Å². The number of fused-ring (bicyclic) bond motifs is 1. The number of Topliss-reactive ketones (excluding diaryl/α,β-unsaturated/α-hetero) is 4. The third-order valence-electron chi connectivity index (χ3n) is 11.7. The van der Waals surface area contributed by atoms with Crippen LogP contribution in [0.4, 0.5) is 5.95 Å². The summed E-state index contributed by atoms with van der Waals surface area (Å²) in [6.45, 7) is 7.89. The van der Waals surface area contributed by atoms with Gasteiger partial charge >= 0.3 is 0 Å². The second-order valence-corrected chi connectivity index (χ2v) is 17.5. The molecular formula is C43H56ClN5O6. The lowest BCUT2D eigenvalue weighted by molar-refractivity contribution is -0.147. The van der Waals surface area contributed by atoms with E-state index in [1.807, 2.05) is 52.0 Å². The minimum Gasteiger partial charge on any atom is -0.472 e. The number of nitrogens with one attached hydrogen (secondary N) is 2. The summed E-state index contributed by atoms with van der Waals surface area (Å²) in [5.74, 6) is -1.83. The number of rotatable bonds is 18. The van der Waals surface area contributed by atoms with Gasteiger partial charge in [-0.1, -0.05) is 77.1 Å². The van der Waals surface area contributed by atoms with Gasteiger partial charge in [0, 0.05) is 49.8 Å². The SMILES string of the molecule is CCC[C@H](CC(=O)[C@@H]1C[C@@H](Oc2ccc(Cl)cn2)CN1C(=O)[C@@H](CC(=O)[C@@H](Nc1nc2ccccc2[nH]1)C1CCCCC1)C(C)(C)C)C(=O)C(=O)CC1CC1. The molecule has 0 bridgehead atoms. The van der Waals surface area contributed by atoms with Gasteiger partial charge in [-0.3, -0.25) is 24.0 Å². The fourth-order valence-corrected chi connectivity index (χ4v) is 8.50. The number of pyridine rings is 1. The number of halogens is 1. The Balaban J connectivity index is 1.25. The maximum atomic E-state index is 14.9. The molecule has 3 aromatic rings. The topological polar surface area (TPSA) is 151 Å². The van der Waals surface area contributed by atoms with Crippen LogP contribution in [0.15, 0.2) is 42.6 Å². The summed E-state index contributed by atoms with van der Waals surface area (Å²) >= 11 is 6.06. The molecule has 2 N–H and O–H groups in total. The van der Waals surface area contributed by atoms with Crippen molar-refractivity contribution >= 4 is 57.6 Å². The van der Waals surface area contributed by atoms with Gasteiger partial charge in [-0.2, -0.15) is 0 Å². The number of aromatic amines is 1. The summed E-state index contributed by atoms with van der Waals surface area (Å²) < 4.78 is 6.21. The number of carbonyl (C=O) groups is 5. The van der Waals surface area contributed by atoms with Crippen LogP contribution in [0.1, 0.15) is 111 Å². The molecule has 2 aromatic heterocycles. The van der Waals surface area contributed by atoms with Crippen molar-refractivity contribution in [1.82, 2.24) is 19.9 Å². The number of H-pyrrole nitrogens is 1. The van der Waals surface area contributed by atoms with Crippen LogP contribution in [0.25, 0.3) is 11.0 Å². The van der Waals surface area contributed by atoms with Crippen molar-refractivity contribution in [2.24, 2.45) is 29.1 Å². The maximum Gasteiger partial charge on any atom is 0.227 e. The average Bonchev–Trinajstić information content (AvgIpc) is 3.72. The van der Waals surface area contributed by atoms with Crippen LogP contribution in [-0.2, 0) is 24.0 Å². The van der Waals surface area contributed by atoms with Crippen molar-refractivity contribution < 1.29 is 28.7 Å². The molecule has 55 heavy (non-hydrogen) atoms. The molecule has 1 saturated heterocycles. The Hall–Kier alpha value is -4.12. The number of nitrogens with zero attached hydrogens (tertiary/aromatic N) is 3. The number of benzene rings is 1. The molecule has 296 valence electrons. The number of hydrogen-bond donors (Lipinski definition) is 2. The second-order valence-electron chi connectivity index (χ2n) is 17.1. The van der Waals surface area contributed by atoms with Crippen LogP contribution in [0.3, 0.4) is 0 Å². The zero-order valence-corrected chi connectivity index (χ0v) is 33.4. The molecule has 1 aromatic carbocycles. The van der Waals surface area contributed by atoms with Crippen LogP contribution in [0.2, 0.25) is 5.02 Å². The largest absolute Gasteiger partial charge is 0.472 e. The first-order valence-corrected chi connectivity index (χ1v) is 20.6. The highest BCUT2D eigenvalue weighted by Gasteiger charge is 2.47. The molecule has 6 rings (SSSR count). The van der Waals surface area contributed by atoms with E-state index in [1.54, 1.807) is 17.0 Å². The van der Waals surface area contributed by atoms with E-state index in [4.69, 9.17) is 21.3 Å². The molecule has 0 radical (unpaired) electrons. The Morgan fingerprint density at radius 1 is 1.00 bits per heavy atom. The molecule has 2 saturated carbocycles. The molecule has 1 aliphatic heterocycles. The summed E-state index contributed by atoms with van der Waals surface area (Å²) in [5, 5.41) is 3.90. The summed E-state index contributed by atoms with van der Waals surface area (Å²) in [5.41, 5.74) is 1.03. The third kappa shape index (κ3) is 10.4. The lowest BCUT2D eigenvalue weighted by Crippen LogP contribution is -2.49. The second kappa shape index (κ2) is 17.8. The summed E-state index contributed by atoms with van der Waals surface area (Å²) in [6.07, 6.45) is 9.14. The van der Waals surface area contributed by atoms with Crippen molar-refractivity contribution in [2.45, 2.75) is 129 Å². The van der Waals surface area contributed by atoms with Crippen LogP contribution < -0.4 is 10.1 Å². The molecule has 2 aliphatic carbocycles. The highest BCUT2D eigenvalue weighted by atomic mass is 35.5. The number of carbonyl (C=O) groups excluding carboxylic acids is 5. The van der Waals surface area contributed by atoms with Crippen molar-refractivity contribution in [1.29, 1.82) is 0 Å². The van der Waals surface area contributed by atoms with Gasteiger partial charge in [-0.25, -0.2) is 9.97 Å². The molecule has 11 nitrogen and oxygen atoms in total. The van der Waals surface area contributed by atoms with Gasteiger partial charge in [0.25, 0.3) is 0 Å². The van der Waals surface area contributed by atoms with E-state index in [0.29, 0.717) is 29.7 Å². The predicted octanol–water partition coefficient (Wildman–Crippen LogP) is 7.96. The first kappa shape index (κ1) is 40.5. The maximum absolute atomic E-state index is 14.9. The van der Waals surface area contributed by atoms with E-state index in [9.17, 15) is 24.0 Å². The zero-order valence-electron chi connectivity index (χ0n) is 32.7. The number of anilines is 1. The Kier molecular flexibility index (Phi) is 13.1. The first-order chi connectivity index (χ1) is 26.3. The zero-order chi connectivity index (χ0) is 39.3. The van der Waals surface area contributed by atoms with Crippen LogP contribution >= 0.6 is 11.6 Å². The Morgan fingerprint density at radius 3 is 2.40 bits per heavy atom. The Bertz CT molecular complexity index is 1810. The van der Waals surface area contributed by atoms with Crippen LogP contribution in [0.5, 0.6) is 5.88 Å². The lowest BCUT2D eigenvalue weighted by Gasteiger charge is -2.36. The minimum absolute atomic E-state index is 0.0228. The molecule has 0 unspecified atom stereocenters. The molecule has 12 heteroatoms. The lowest BCUT2D eigenvalue weighted by atomic mass is 9.74. The monoisotopic (exact) mass is 773 g/mol. The van der Waals surface area contributed by atoms with Gasteiger partial charge in [-0.05, 0) is 67.6 Å². The Morgan fingerprint density at radius 2 is 1.75 bits per heavy atom. The number of imidazole rings is 1. The van der Waals surface area contributed by atoms with Crippen LogP contribution in [0, 0.1) is 29.1 Å². The molecule has 0 spiro atoms. The number of amides is 1. The molecule has 3 fully saturated rings. The van der Waals surface area contributed by atoms with Gasteiger partial charge in [0.1, 0.15) is 6.10 Å². The summed E-state index contributed by atoms with van der Waals surface area (Å²) in [7, 11) is 0. The standard InChI is InChI=1S/C43H56ClN5O6/c1-5-11-28(40(53)37(52)20-26-16-17-26)21-35(50)34-22-30(55-38-19-18-29(44)24-45-38)25-49(34)41(54)31(43(2,3)4)23-36(51)39(27-12-7-6-8-13-27)48-42-46-32-14-9-10-15-33(32)47-42/h9-10,14-15,18-19,24,26-28,30-31,34,39H,5-8,11-13,16-17,20-23,25H2,1-4H3,(H2,46,47,48)/t28-,30-,31-,34+,39+/m1/s1. The molecule has 3 heterocycles. The van der Waals surface area contributed by atoms with Gasteiger partial charge in [0.15, 0.2) is 17.3 Å². The predicted molar refractivity (Wildman–Crippen MR) is 212 cm³/mol. The number of likely N-dealkylation sites (tertiary alicyclic amines) is 1. The van der Waals surface area contributed by atoms with E-state index >= 15 is 0 Å². The molecular weight excluding hydrogens is 718 g/mol. The number of aromatic nitrogens is 3. The first-order valence-electron chi connectivity index (χ1n) is 20.2. The van der Waals surface area contributed by atoms with Crippen molar-refractivity contribution in [3.8, 4) is 5.88 Å². The van der Waals surface area contributed by atoms with Gasteiger partial charge < -0.3 is 19.9 Å². The smallest absolute Gasteiger partial charge is 0.227 e. The molecule has 3 aliphatic rings. The highest BCUT2D eigenvalue weighted by molar-refractivity contribution is 6.38. The molecule has 5 atom stereocenters. The van der Waals surface area contributed by atoms with E-state index < -0.39 is 47.0 Å². The van der Waals surface area contributed by atoms with E-state index in [1.165, 1.54) is 6.20 Å². The Labute approximate surface area is 329 Å². The summed E-state index contributed by atoms with van der Waals surface area (Å²) in [4.78, 5) is 83.9. The third-order valence-corrected chi connectivity index (χ3v) is 11.9. The van der Waals surface area contributed by atoms with Gasteiger partial charge in [0.05, 0.1) is 34.7 Å². The average molecular weight is 774 g/mol. The van der Waals surface area contributed by atoms with E-state index in [0.717, 1.165) is 56.0 Å². The number of hydrogen-bond acceptors (Lipinski definition) is 9. The number of ether oxygens (including phenoxy) is 1. The summed E-state index contributed by atoms with van der Waals surface area (Å²) in [6, 6.07) is 9.58. The minimum atomic E-state index is -0.891. The normalized spacial score (nSPS) is 20.9. The van der Waals surface area contributed by atoms with E-state index in [-0.39, 0.29) is 61.5 Å². The fourth-order valence-electron chi connectivity index (χ4n) is 8.39. The van der Waals surface area contributed by atoms with Gasteiger partial charge in [0.2, 0.25) is 23.5 Å². The van der Waals surface area contributed by atoms with Gasteiger partial charge in [-0.15, -0.1) is 0 Å². The van der Waals surface area contributed by atoms with Crippen LogP contribution in [-0.4, -0.2) is 73.6 Å².